The van der Waals surface area contributed by atoms with Crippen LogP contribution in [0.4, 0.5) is 11.4 Å². The fourth-order valence-electron chi connectivity index (χ4n) is 3.37. The number of rotatable bonds is 10. The number of phenols is 1. The molecule has 29 heavy (non-hydrogen) atoms. The summed E-state index contributed by atoms with van der Waals surface area (Å²) in [5.74, 6) is 1.68. The second kappa shape index (κ2) is 10.4. The van der Waals surface area contributed by atoms with E-state index in [-0.39, 0.29) is 11.8 Å². The van der Waals surface area contributed by atoms with E-state index in [1.165, 1.54) is 11.3 Å². The van der Waals surface area contributed by atoms with Crippen molar-refractivity contribution in [3.63, 3.8) is 0 Å². The Morgan fingerprint density at radius 2 is 1.55 bits per heavy atom. The molecular weight excluding hydrogens is 360 g/mol. The maximum Gasteiger partial charge on any atom is 0.150 e. The summed E-state index contributed by atoms with van der Waals surface area (Å²) in [4.78, 5) is 0. The third-order valence-corrected chi connectivity index (χ3v) is 4.83. The largest absolute Gasteiger partial charge is 0.508 e. The first-order valence-electron chi connectivity index (χ1n) is 10.4. The molecule has 0 fully saturated rings. The van der Waals surface area contributed by atoms with Gasteiger partial charge in [0.25, 0.3) is 0 Å². The Morgan fingerprint density at radius 1 is 0.862 bits per heavy atom. The third kappa shape index (κ3) is 5.67. The first-order valence-corrected chi connectivity index (χ1v) is 10.4. The lowest BCUT2D eigenvalue weighted by Gasteiger charge is -2.24. The minimum Gasteiger partial charge on any atom is -0.508 e. The van der Waals surface area contributed by atoms with E-state index in [0.29, 0.717) is 5.75 Å². The summed E-state index contributed by atoms with van der Waals surface area (Å²) in [6.45, 7) is 5.22. The Hall–Kier alpha value is -3.14. The minimum atomic E-state index is 0.176. The molecule has 1 atom stereocenters. The molecule has 0 saturated carbocycles. The highest BCUT2D eigenvalue weighted by Gasteiger charge is 2.17. The molecule has 0 amide bonds. The maximum absolute atomic E-state index is 9.50. The Labute approximate surface area is 173 Å². The van der Waals surface area contributed by atoms with Gasteiger partial charge in [-0.15, -0.1) is 0 Å². The Balaban J connectivity index is 1.87. The number of anilines is 2. The van der Waals surface area contributed by atoms with Gasteiger partial charge in [0.05, 0.1) is 11.7 Å². The molecule has 1 unspecified atom stereocenters. The van der Waals surface area contributed by atoms with E-state index < -0.39 is 0 Å². The van der Waals surface area contributed by atoms with Gasteiger partial charge in [0, 0.05) is 12.2 Å². The lowest BCUT2D eigenvalue weighted by Crippen LogP contribution is -2.14. The van der Waals surface area contributed by atoms with Crippen LogP contribution in [0.3, 0.4) is 0 Å². The Bertz CT molecular complexity index is 893. The highest BCUT2D eigenvalue weighted by molar-refractivity contribution is 5.61. The number of nitrogens with one attached hydrogen (secondary N) is 2. The molecule has 0 bridgehead atoms. The molecule has 152 valence electrons. The zero-order valence-electron chi connectivity index (χ0n) is 17.2. The molecule has 0 aliphatic heterocycles. The van der Waals surface area contributed by atoms with Crippen LogP contribution < -0.4 is 15.4 Å². The molecule has 0 saturated heterocycles. The highest BCUT2D eigenvalue weighted by Crippen LogP contribution is 2.35. The molecule has 0 aliphatic rings. The van der Waals surface area contributed by atoms with Crippen molar-refractivity contribution < 1.29 is 9.84 Å². The van der Waals surface area contributed by atoms with Crippen LogP contribution in [0.15, 0.2) is 72.8 Å². The van der Waals surface area contributed by atoms with Crippen LogP contribution in [-0.4, -0.2) is 11.7 Å². The van der Waals surface area contributed by atoms with Gasteiger partial charge in [-0.1, -0.05) is 50.1 Å². The summed E-state index contributed by atoms with van der Waals surface area (Å²) in [6, 6.07) is 23.4. The van der Waals surface area contributed by atoms with Gasteiger partial charge in [-0.05, 0) is 61.4 Å². The first kappa shape index (κ1) is 20.6. The average molecular weight is 391 g/mol. The van der Waals surface area contributed by atoms with E-state index in [1.54, 1.807) is 24.3 Å². The predicted molar refractivity (Wildman–Crippen MR) is 121 cm³/mol. The summed E-state index contributed by atoms with van der Waals surface area (Å²) in [7, 11) is 0. The third-order valence-electron chi connectivity index (χ3n) is 4.83. The molecule has 3 N–H and O–H groups in total. The van der Waals surface area contributed by atoms with E-state index in [9.17, 15) is 5.11 Å². The van der Waals surface area contributed by atoms with Crippen LogP contribution in [0.1, 0.15) is 44.7 Å². The van der Waals surface area contributed by atoms with Crippen molar-refractivity contribution in [2.75, 3.05) is 17.2 Å². The fourth-order valence-corrected chi connectivity index (χ4v) is 3.37. The van der Waals surface area contributed by atoms with Gasteiger partial charge in [-0.25, -0.2) is 0 Å². The average Bonchev–Trinajstić information content (AvgIpc) is 2.75. The van der Waals surface area contributed by atoms with Gasteiger partial charge in [0.1, 0.15) is 11.5 Å². The monoisotopic (exact) mass is 390 g/mol. The van der Waals surface area contributed by atoms with E-state index in [4.69, 9.17) is 4.74 Å². The van der Waals surface area contributed by atoms with Crippen molar-refractivity contribution in [3.05, 3.63) is 78.4 Å². The normalized spacial score (nSPS) is 11.7. The first-order chi connectivity index (χ1) is 14.2. The van der Waals surface area contributed by atoms with E-state index in [2.05, 4.69) is 48.7 Å². The van der Waals surface area contributed by atoms with Gasteiger partial charge in [-0.3, -0.25) is 0 Å². The molecule has 4 nitrogen and oxygen atoms in total. The van der Waals surface area contributed by atoms with Crippen LogP contribution in [-0.2, 0) is 0 Å². The van der Waals surface area contributed by atoms with Gasteiger partial charge in [0.2, 0.25) is 0 Å². The van der Waals surface area contributed by atoms with E-state index in [0.717, 1.165) is 37.2 Å². The molecule has 0 spiro atoms. The van der Waals surface area contributed by atoms with Crippen molar-refractivity contribution in [1.82, 2.24) is 0 Å². The molecule has 0 radical (unpaired) electrons. The molecule has 0 aliphatic carbocycles. The van der Waals surface area contributed by atoms with Gasteiger partial charge < -0.3 is 20.5 Å². The van der Waals surface area contributed by atoms with Crippen LogP contribution >= 0.6 is 0 Å². The topological polar surface area (TPSA) is 53.5 Å². The zero-order chi connectivity index (χ0) is 20.5. The zero-order valence-corrected chi connectivity index (χ0v) is 17.2. The molecule has 4 heteroatoms. The minimum absolute atomic E-state index is 0.176. The second-order valence-electron chi connectivity index (χ2n) is 7.05. The molecule has 3 aromatic carbocycles. The van der Waals surface area contributed by atoms with Gasteiger partial charge >= 0.3 is 0 Å². The number of phenolic OH excluding ortho intramolecular Hbond substituents is 1. The van der Waals surface area contributed by atoms with Gasteiger partial charge in [-0.2, -0.15) is 0 Å². The lowest BCUT2D eigenvalue weighted by molar-refractivity contribution is 0.464. The fraction of sp³-hybridized carbons (Fsp3) is 0.280. The SMILES string of the molecule is CCCCC(Nc1ccccc1Oc1ccc(O)cc1)c1ccccc1NCC. The maximum atomic E-state index is 9.50. The van der Waals surface area contributed by atoms with Crippen LogP contribution in [0, 0.1) is 0 Å². The number of ether oxygens (including phenoxy) is 1. The van der Waals surface area contributed by atoms with Gasteiger partial charge in [0.15, 0.2) is 5.75 Å². The highest BCUT2D eigenvalue weighted by atomic mass is 16.5. The molecule has 3 rings (SSSR count). The van der Waals surface area contributed by atoms with Crippen molar-refractivity contribution in [3.8, 4) is 17.2 Å². The van der Waals surface area contributed by atoms with Crippen molar-refractivity contribution in [2.24, 2.45) is 0 Å². The smallest absolute Gasteiger partial charge is 0.150 e. The van der Waals surface area contributed by atoms with Crippen LogP contribution in [0.5, 0.6) is 17.2 Å². The summed E-state index contributed by atoms with van der Waals surface area (Å²) in [6.07, 6.45) is 3.32. The molecule has 0 heterocycles. The summed E-state index contributed by atoms with van der Waals surface area (Å²) in [5.41, 5.74) is 3.38. The molecular formula is C25H30N2O2. The van der Waals surface area contributed by atoms with Crippen molar-refractivity contribution in [1.29, 1.82) is 0 Å². The van der Waals surface area contributed by atoms with Crippen LogP contribution in [0.25, 0.3) is 0 Å². The molecule has 0 aromatic heterocycles. The number of hydrogen-bond donors (Lipinski definition) is 3. The summed E-state index contributed by atoms with van der Waals surface area (Å²) >= 11 is 0. The van der Waals surface area contributed by atoms with E-state index in [1.807, 2.05) is 24.3 Å². The Kier molecular flexibility index (Phi) is 7.40. The quantitative estimate of drug-likeness (QED) is 0.350. The second-order valence-corrected chi connectivity index (χ2v) is 7.05. The molecule has 3 aromatic rings. The van der Waals surface area contributed by atoms with Crippen molar-refractivity contribution in [2.45, 2.75) is 39.2 Å². The number of hydrogen-bond acceptors (Lipinski definition) is 4. The Morgan fingerprint density at radius 3 is 2.28 bits per heavy atom. The van der Waals surface area contributed by atoms with Crippen LogP contribution in [0.2, 0.25) is 0 Å². The summed E-state index contributed by atoms with van der Waals surface area (Å²) < 4.78 is 6.09. The predicted octanol–water partition coefficient (Wildman–Crippen LogP) is 6.96. The van der Waals surface area contributed by atoms with E-state index >= 15 is 0 Å². The lowest BCUT2D eigenvalue weighted by atomic mass is 9.98. The number of unbranched alkanes of at least 4 members (excludes halogenated alkanes) is 1. The number of para-hydroxylation sites is 3. The summed E-state index contributed by atoms with van der Waals surface area (Å²) in [5, 5.41) is 16.7. The number of aromatic hydroxyl groups is 1. The van der Waals surface area contributed by atoms with Crippen molar-refractivity contribution >= 4 is 11.4 Å². The standard InChI is InChI=1S/C25H30N2O2/c1-3-5-11-23(21-10-6-7-12-22(21)26-4-2)27-24-13-8-9-14-25(24)29-20-17-15-19(28)16-18-20/h6-10,12-18,23,26-28H,3-5,11H2,1-2H3. The number of benzene rings is 3.